The van der Waals surface area contributed by atoms with E-state index in [2.05, 4.69) is 4.98 Å². The van der Waals surface area contributed by atoms with Crippen LogP contribution < -0.4 is 0 Å². The van der Waals surface area contributed by atoms with E-state index in [0.29, 0.717) is 12.0 Å². The third-order valence-corrected chi connectivity index (χ3v) is 6.42. The lowest BCUT2D eigenvalue weighted by Crippen LogP contribution is -2.05. The third-order valence-electron chi connectivity index (χ3n) is 5.23. The molecule has 150 valence electrons. The van der Waals surface area contributed by atoms with Gasteiger partial charge in [-0.3, -0.25) is 0 Å². The average Bonchev–Trinajstić information content (AvgIpc) is 3.30. The number of alkyl halides is 3. The maximum atomic E-state index is 13.0. The number of H-pyrrole nitrogens is 1. The first-order valence-electron chi connectivity index (χ1n) is 9.37. The minimum absolute atomic E-state index is 0.135. The maximum Gasteiger partial charge on any atom is 0.416 e. The van der Waals surface area contributed by atoms with Gasteiger partial charge in [-0.1, -0.05) is 48.5 Å². The summed E-state index contributed by atoms with van der Waals surface area (Å²) in [5, 5.41) is 12.7. The molecule has 3 aromatic carbocycles. The van der Waals surface area contributed by atoms with E-state index in [1.54, 1.807) is 23.6 Å². The Morgan fingerprint density at radius 2 is 1.63 bits per heavy atom. The standard InChI is InChI=1S/C24H16F3NOS/c25-24(26,27)16-6-1-4-14(10-16)11-17-12-15-5-2-8-19(22(15)30-17)18-7-3-9-20-21(18)13-28-23(20)29/h1-10,12-13,28-29H,11H2. The van der Waals surface area contributed by atoms with Crippen molar-refractivity contribution in [1.29, 1.82) is 0 Å². The van der Waals surface area contributed by atoms with Gasteiger partial charge in [0.2, 0.25) is 0 Å². The molecule has 2 aromatic heterocycles. The molecule has 0 aliphatic heterocycles. The minimum Gasteiger partial charge on any atom is -0.494 e. The Morgan fingerprint density at radius 3 is 2.47 bits per heavy atom. The zero-order valence-electron chi connectivity index (χ0n) is 15.6. The molecule has 0 aliphatic carbocycles. The van der Waals surface area contributed by atoms with Gasteiger partial charge in [0.15, 0.2) is 5.88 Å². The van der Waals surface area contributed by atoms with Crippen LogP contribution in [0.3, 0.4) is 0 Å². The van der Waals surface area contributed by atoms with Gasteiger partial charge in [0.1, 0.15) is 0 Å². The number of aromatic amines is 1. The molecule has 0 saturated carbocycles. The van der Waals surface area contributed by atoms with Crippen molar-refractivity contribution in [2.45, 2.75) is 12.6 Å². The molecule has 2 nitrogen and oxygen atoms in total. The van der Waals surface area contributed by atoms with E-state index in [4.69, 9.17) is 0 Å². The van der Waals surface area contributed by atoms with Crippen molar-refractivity contribution in [3.8, 4) is 17.0 Å². The van der Waals surface area contributed by atoms with Gasteiger partial charge in [0.25, 0.3) is 0 Å². The quantitative estimate of drug-likeness (QED) is 0.312. The molecule has 2 N–H and O–H groups in total. The highest BCUT2D eigenvalue weighted by Gasteiger charge is 2.30. The van der Waals surface area contributed by atoms with E-state index < -0.39 is 11.7 Å². The van der Waals surface area contributed by atoms with Crippen LogP contribution >= 0.6 is 11.3 Å². The fourth-order valence-corrected chi connectivity index (χ4v) is 5.07. The van der Waals surface area contributed by atoms with Crippen molar-refractivity contribution < 1.29 is 18.3 Å². The van der Waals surface area contributed by atoms with E-state index in [-0.39, 0.29) is 5.88 Å². The minimum atomic E-state index is -4.34. The number of aromatic hydroxyl groups is 1. The number of nitrogens with one attached hydrogen (secondary N) is 1. The van der Waals surface area contributed by atoms with Gasteiger partial charge >= 0.3 is 6.18 Å². The third kappa shape index (κ3) is 3.23. The summed E-state index contributed by atoms with van der Waals surface area (Å²) in [4.78, 5) is 3.86. The number of thiophene rings is 1. The molecular formula is C24H16F3NOS. The van der Waals surface area contributed by atoms with Crippen molar-refractivity contribution in [2.75, 3.05) is 0 Å². The van der Waals surface area contributed by atoms with Crippen molar-refractivity contribution in [3.05, 3.63) is 88.9 Å². The molecule has 5 aromatic rings. The van der Waals surface area contributed by atoms with Crippen LogP contribution in [0, 0.1) is 0 Å². The Hall–Kier alpha value is -3.25. The molecule has 6 heteroatoms. The number of hydrogen-bond acceptors (Lipinski definition) is 2. The monoisotopic (exact) mass is 423 g/mol. The van der Waals surface area contributed by atoms with Crippen LogP contribution in [-0.4, -0.2) is 10.1 Å². The molecule has 0 saturated heterocycles. The van der Waals surface area contributed by atoms with Gasteiger partial charge < -0.3 is 10.1 Å². The van der Waals surface area contributed by atoms with Crippen LogP contribution in [0.15, 0.2) is 72.9 Å². The molecule has 0 spiro atoms. The van der Waals surface area contributed by atoms with Crippen molar-refractivity contribution in [1.82, 2.24) is 4.98 Å². The lowest BCUT2D eigenvalue weighted by atomic mass is 10.00. The van der Waals surface area contributed by atoms with Gasteiger partial charge in [-0.05, 0) is 34.7 Å². The molecule has 0 amide bonds. The Morgan fingerprint density at radius 1 is 0.867 bits per heavy atom. The SMILES string of the molecule is Oc1[nH]cc2c(-c3cccc4cc(Cc5cccc(C(F)(F)F)c5)sc34)cccc12. The summed E-state index contributed by atoms with van der Waals surface area (Å²) >= 11 is 1.59. The summed E-state index contributed by atoms with van der Waals surface area (Å²) in [6, 6.07) is 19.3. The molecule has 2 heterocycles. The predicted octanol–water partition coefficient (Wildman–Crippen LogP) is 7.36. The van der Waals surface area contributed by atoms with Crippen LogP contribution in [-0.2, 0) is 12.6 Å². The summed E-state index contributed by atoms with van der Waals surface area (Å²) in [6.45, 7) is 0. The highest BCUT2D eigenvalue weighted by molar-refractivity contribution is 7.19. The Kier molecular flexibility index (Phi) is 4.33. The first-order chi connectivity index (χ1) is 14.4. The van der Waals surface area contributed by atoms with Gasteiger partial charge in [-0.15, -0.1) is 11.3 Å². The smallest absolute Gasteiger partial charge is 0.416 e. The van der Waals surface area contributed by atoms with Crippen LogP contribution in [0.5, 0.6) is 5.88 Å². The lowest BCUT2D eigenvalue weighted by molar-refractivity contribution is -0.137. The summed E-state index contributed by atoms with van der Waals surface area (Å²) < 4.78 is 40.2. The van der Waals surface area contributed by atoms with Gasteiger partial charge in [-0.2, -0.15) is 13.2 Å². The highest BCUT2D eigenvalue weighted by Crippen LogP contribution is 2.40. The Bertz CT molecular complexity index is 1380. The summed E-state index contributed by atoms with van der Waals surface area (Å²) in [5.74, 6) is 0.135. The summed E-state index contributed by atoms with van der Waals surface area (Å²) in [5.41, 5.74) is 2.05. The van der Waals surface area contributed by atoms with E-state index in [0.717, 1.165) is 42.9 Å². The number of fused-ring (bicyclic) bond motifs is 2. The molecule has 0 bridgehead atoms. The number of aromatic nitrogens is 1. The van der Waals surface area contributed by atoms with Gasteiger partial charge in [-0.25, -0.2) is 0 Å². The molecule has 30 heavy (non-hydrogen) atoms. The largest absolute Gasteiger partial charge is 0.494 e. The summed E-state index contributed by atoms with van der Waals surface area (Å²) in [6.07, 6.45) is -2.11. The Balaban J connectivity index is 1.58. The second-order valence-electron chi connectivity index (χ2n) is 7.22. The zero-order chi connectivity index (χ0) is 20.9. The molecule has 0 fully saturated rings. The molecule has 0 aliphatic rings. The number of halogens is 3. The fraction of sp³-hybridized carbons (Fsp3) is 0.0833. The zero-order valence-corrected chi connectivity index (χ0v) is 16.4. The van der Waals surface area contributed by atoms with E-state index in [1.807, 2.05) is 42.5 Å². The summed E-state index contributed by atoms with van der Waals surface area (Å²) in [7, 11) is 0. The number of rotatable bonds is 3. The highest BCUT2D eigenvalue weighted by atomic mass is 32.1. The Labute approximate surface area is 174 Å². The first kappa shape index (κ1) is 18.8. The van der Waals surface area contributed by atoms with E-state index >= 15 is 0 Å². The van der Waals surface area contributed by atoms with Crippen molar-refractivity contribution >= 4 is 32.2 Å². The maximum absolute atomic E-state index is 13.0. The number of benzene rings is 3. The molecule has 5 rings (SSSR count). The lowest BCUT2D eigenvalue weighted by Gasteiger charge is -2.08. The van der Waals surface area contributed by atoms with Crippen molar-refractivity contribution in [2.24, 2.45) is 0 Å². The van der Waals surface area contributed by atoms with Crippen LogP contribution in [0.25, 0.3) is 32.0 Å². The normalized spacial score (nSPS) is 12.1. The molecular weight excluding hydrogens is 407 g/mol. The molecule has 0 radical (unpaired) electrons. The molecule has 0 unspecified atom stereocenters. The van der Waals surface area contributed by atoms with Crippen LogP contribution in [0.1, 0.15) is 16.0 Å². The average molecular weight is 423 g/mol. The molecule has 0 atom stereocenters. The second-order valence-corrected chi connectivity index (χ2v) is 8.35. The first-order valence-corrected chi connectivity index (χ1v) is 10.2. The van der Waals surface area contributed by atoms with Crippen molar-refractivity contribution in [3.63, 3.8) is 0 Å². The topological polar surface area (TPSA) is 36.0 Å². The van der Waals surface area contributed by atoms with Crippen LogP contribution in [0.4, 0.5) is 13.2 Å². The number of hydrogen-bond donors (Lipinski definition) is 2. The van der Waals surface area contributed by atoms with E-state index in [1.165, 1.54) is 12.1 Å². The van der Waals surface area contributed by atoms with E-state index in [9.17, 15) is 18.3 Å². The predicted molar refractivity (Wildman–Crippen MR) is 115 cm³/mol. The van der Waals surface area contributed by atoms with Gasteiger partial charge in [0, 0.05) is 38.5 Å². The fourth-order valence-electron chi connectivity index (χ4n) is 3.85. The second kappa shape index (κ2) is 6.92. The van der Waals surface area contributed by atoms with Gasteiger partial charge in [0.05, 0.1) is 5.56 Å². The van der Waals surface area contributed by atoms with Crippen LogP contribution in [0.2, 0.25) is 0 Å².